The minimum atomic E-state index is -0.849. The second kappa shape index (κ2) is 7.63. The number of carboxylic acids is 1. The molecule has 0 amide bonds. The molecule has 0 rings (SSSR count). The van der Waals surface area contributed by atoms with E-state index in [1.165, 1.54) is 0 Å². The van der Waals surface area contributed by atoms with Crippen molar-refractivity contribution in [2.24, 2.45) is 17.6 Å². The molecule has 3 N–H and O–H groups in total. The summed E-state index contributed by atoms with van der Waals surface area (Å²) in [4.78, 5) is 10.7. The van der Waals surface area contributed by atoms with Crippen molar-refractivity contribution in [2.45, 2.75) is 45.6 Å². The van der Waals surface area contributed by atoms with Crippen molar-refractivity contribution in [3.05, 3.63) is 0 Å². The van der Waals surface area contributed by atoms with Crippen LogP contribution in [0.15, 0.2) is 0 Å². The van der Waals surface area contributed by atoms with Crippen molar-refractivity contribution in [1.29, 1.82) is 0 Å². The monoisotopic (exact) mass is 219 g/mol. The van der Waals surface area contributed by atoms with Gasteiger partial charge in [-0.15, -0.1) is 0 Å². The van der Waals surface area contributed by atoms with Crippen molar-refractivity contribution in [3.63, 3.8) is 0 Å². The minimum Gasteiger partial charge on any atom is -0.481 e. The normalized spacial score (nSPS) is 17.1. The summed E-state index contributed by atoms with van der Waals surface area (Å²) < 4.78 is 11.8. The van der Waals surface area contributed by atoms with Crippen molar-refractivity contribution >= 4 is 5.97 Å². The number of nitrogens with two attached hydrogens (primary N) is 1. The molecule has 2 unspecified atom stereocenters. The molecule has 0 saturated heterocycles. The van der Waals surface area contributed by atoms with E-state index < -0.39 is 11.9 Å². The predicted octanol–water partition coefficient (Wildman–Crippen LogP) is 2.20. The van der Waals surface area contributed by atoms with E-state index in [9.17, 15) is 9.18 Å². The molecule has 0 spiro atoms. The fourth-order valence-corrected chi connectivity index (χ4v) is 1.56. The number of alkyl halides is 1. The molecule has 4 heteroatoms. The topological polar surface area (TPSA) is 63.3 Å². The molecule has 15 heavy (non-hydrogen) atoms. The number of aliphatic carboxylic acids is 1. The molecule has 0 radical (unpaired) electrons. The van der Waals surface area contributed by atoms with E-state index in [2.05, 4.69) is 0 Å². The van der Waals surface area contributed by atoms with Gasteiger partial charge in [-0.1, -0.05) is 26.7 Å². The first-order valence-corrected chi connectivity index (χ1v) is 5.53. The maximum atomic E-state index is 11.8. The standard InChI is InChI=1S/C11H22FNO2/c1-8(5-3-4-6-12)7-10(13)9(2)11(14)15/h8-10H,3-7,13H2,1-2H3,(H,14,15)/t8?,9?,10-/m0/s1. The van der Waals surface area contributed by atoms with Gasteiger partial charge in [-0.2, -0.15) is 0 Å². The molecule has 0 bridgehead atoms. The highest BCUT2D eigenvalue weighted by Gasteiger charge is 2.21. The van der Waals surface area contributed by atoms with Crippen LogP contribution >= 0.6 is 0 Å². The molecular weight excluding hydrogens is 197 g/mol. The zero-order valence-corrected chi connectivity index (χ0v) is 9.58. The van der Waals surface area contributed by atoms with Crippen LogP contribution < -0.4 is 5.73 Å². The molecule has 0 saturated carbocycles. The molecule has 0 aromatic heterocycles. The van der Waals surface area contributed by atoms with Gasteiger partial charge in [0.25, 0.3) is 0 Å². The summed E-state index contributed by atoms with van der Waals surface area (Å²) in [6, 6.07) is -0.303. The molecule has 0 fully saturated rings. The van der Waals surface area contributed by atoms with Crippen LogP contribution in [0, 0.1) is 11.8 Å². The quantitative estimate of drug-likeness (QED) is 0.615. The number of carboxylic acid groups (broad SMARTS) is 1. The molecule has 0 aliphatic heterocycles. The lowest BCUT2D eigenvalue weighted by Gasteiger charge is -2.20. The van der Waals surface area contributed by atoms with Crippen LogP contribution in [0.3, 0.4) is 0 Å². The maximum absolute atomic E-state index is 11.8. The summed E-state index contributed by atoms with van der Waals surface area (Å²) in [6.07, 6.45) is 3.06. The Kier molecular flexibility index (Phi) is 7.30. The van der Waals surface area contributed by atoms with Crippen LogP contribution in [-0.2, 0) is 4.79 Å². The summed E-state index contributed by atoms with van der Waals surface area (Å²) >= 11 is 0. The highest BCUT2D eigenvalue weighted by atomic mass is 19.1. The zero-order valence-electron chi connectivity index (χ0n) is 9.58. The summed E-state index contributed by atoms with van der Waals surface area (Å²) in [6.45, 7) is 3.39. The lowest BCUT2D eigenvalue weighted by Crippen LogP contribution is -2.34. The lowest BCUT2D eigenvalue weighted by atomic mass is 9.90. The second-order valence-corrected chi connectivity index (χ2v) is 4.32. The molecule has 3 nitrogen and oxygen atoms in total. The molecule has 0 heterocycles. The Bertz CT molecular complexity index is 187. The van der Waals surface area contributed by atoms with Gasteiger partial charge in [0, 0.05) is 6.04 Å². The van der Waals surface area contributed by atoms with Gasteiger partial charge in [0.15, 0.2) is 0 Å². The number of unbranched alkanes of at least 4 members (excludes halogenated alkanes) is 1. The fraction of sp³-hybridized carbons (Fsp3) is 0.909. The number of hydrogen-bond donors (Lipinski definition) is 2. The van der Waals surface area contributed by atoms with E-state index >= 15 is 0 Å². The van der Waals surface area contributed by atoms with Gasteiger partial charge in [-0.05, 0) is 18.8 Å². The highest BCUT2D eigenvalue weighted by molar-refractivity contribution is 5.70. The molecule has 90 valence electrons. The van der Waals surface area contributed by atoms with E-state index in [-0.39, 0.29) is 12.7 Å². The van der Waals surface area contributed by atoms with E-state index in [4.69, 9.17) is 10.8 Å². The van der Waals surface area contributed by atoms with Crippen LogP contribution in [0.5, 0.6) is 0 Å². The van der Waals surface area contributed by atoms with Crippen LogP contribution in [0.2, 0.25) is 0 Å². The summed E-state index contributed by atoms with van der Waals surface area (Å²) in [5.41, 5.74) is 5.77. The van der Waals surface area contributed by atoms with Gasteiger partial charge >= 0.3 is 5.97 Å². The van der Waals surface area contributed by atoms with Gasteiger partial charge in [-0.25, -0.2) is 0 Å². The zero-order chi connectivity index (χ0) is 11.8. The van der Waals surface area contributed by atoms with E-state index in [0.717, 1.165) is 12.8 Å². The molecule has 0 aliphatic carbocycles. The highest BCUT2D eigenvalue weighted by Crippen LogP contribution is 2.17. The van der Waals surface area contributed by atoms with Crippen LogP contribution in [0.4, 0.5) is 4.39 Å². The third-order valence-electron chi connectivity index (χ3n) is 2.79. The van der Waals surface area contributed by atoms with Gasteiger partial charge < -0.3 is 10.8 Å². The summed E-state index contributed by atoms with van der Waals surface area (Å²) in [5, 5.41) is 8.75. The SMILES string of the molecule is CC(CCCCF)C[C@H](N)C(C)C(=O)O. The molecule has 0 aromatic rings. The van der Waals surface area contributed by atoms with E-state index in [1.807, 2.05) is 6.92 Å². The molecular formula is C11H22FNO2. The van der Waals surface area contributed by atoms with Crippen molar-refractivity contribution in [2.75, 3.05) is 6.67 Å². The Morgan fingerprint density at radius 3 is 2.47 bits per heavy atom. The van der Waals surface area contributed by atoms with E-state index in [1.54, 1.807) is 6.92 Å². The van der Waals surface area contributed by atoms with Gasteiger partial charge in [0.05, 0.1) is 12.6 Å². The Morgan fingerprint density at radius 1 is 1.40 bits per heavy atom. The Labute approximate surface area is 90.8 Å². The number of rotatable bonds is 8. The van der Waals surface area contributed by atoms with Gasteiger partial charge in [0.1, 0.15) is 0 Å². The Morgan fingerprint density at radius 2 is 2.00 bits per heavy atom. The first-order chi connectivity index (χ1) is 6.99. The average molecular weight is 219 g/mol. The lowest BCUT2D eigenvalue weighted by molar-refractivity contribution is -0.141. The predicted molar refractivity (Wildman–Crippen MR) is 58.4 cm³/mol. The first-order valence-electron chi connectivity index (χ1n) is 5.53. The Hall–Kier alpha value is -0.640. The fourth-order valence-electron chi connectivity index (χ4n) is 1.56. The van der Waals surface area contributed by atoms with Gasteiger partial charge in [0.2, 0.25) is 0 Å². The van der Waals surface area contributed by atoms with Crippen molar-refractivity contribution in [1.82, 2.24) is 0 Å². The maximum Gasteiger partial charge on any atom is 0.307 e. The van der Waals surface area contributed by atoms with Crippen LogP contribution in [0.25, 0.3) is 0 Å². The van der Waals surface area contributed by atoms with Crippen LogP contribution in [-0.4, -0.2) is 23.8 Å². The number of hydrogen-bond acceptors (Lipinski definition) is 2. The largest absolute Gasteiger partial charge is 0.481 e. The second-order valence-electron chi connectivity index (χ2n) is 4.32. The first kappa shape index (κ1) is 14.4. The average Bonchev–Trinajstić information content (AvgIpc) is 2.16. The third-order valence-corrected chi connectivity index (χ3v) is 2.79. The minimum absolute atomic E-state index is 0.274. The number of halogens is 1. The van der Waals surface area contributed by atoms with Crippen LogP contribution in [0.1, 0.15) is 39.5 Å². The van der Waals surface area contributed by atoms with E-state index in [0.29, 0.717) is 18.8 Å². The summed E-state index contributed by atoms with van der Waals surface area (Å²) in [7, 11) is 0. The smallest absolute Gasteiger partial charge is 0.307 e. The van der Waals surface area contributed by atoms with Crippen molar-refractivity contribution in [3.8, 4) is 0 Å². The number of carbonyl (C=O) groups is 1. The summed E-state index contributed by atoms with van der Waals surface area (Å²) in [5.74, 6) is -0.986. The van der Waals surface area contributed by atoms with Gasteiger partial charge in [-0.3, -0.25) is 9.18 Å². The molecule has 3 atom stereocenters. The van der Waals surface area contributed by atoms with Crippen molar-refractivity contribution < 1.29 is 14.3 Å². The molecule has 0 aromatic carbocycles. The Balaban J connectivity index is 3.75. The molecule has 0 aliphatic rings. The third kappa shape index (κ3) is 6.44.